The number of allylic oxidation sites excluding steroid dienone is 1. The van der Waals surface area contributed by atoms with E-state index in [1.54, 1.807) is 12.1 Å². The first-order valence-corrected chi connectivity index (χ1v) is 17.6. The smallest absolute Gasteiger partial charge is 0.207 e. The minimum Gasteiger partial charge on any atom is -0.312 e. The lowest BCUT2D eigenvalue weighted by molar-refractivity contribution is 0.598. The summed E-state index contributed by atoms with van der Waals surface area (Å²) in [6.07, 6.45) is 5.33. The van der Waals surface area contributed by atoms with Crippen molar-refractivity contribution in [3.05, 3.63) is 145 Å². The maximum absolute atomic E-state index is 13.5. The van der Waals surface area contributed by atoms with Crippen molar-refractivity contribution < 1.29 is 8.42 Å². The quantitative estimate of drug-likeness (QED) is 0.191. The van der Waals surface area contributed by atoms with E-state index in [0.717, 1.165) is 45.4 Å². The van der Waals surface area contributed by atoms with Crippen LogP contribution in [0, 0.1) is 0 Å². The molecule has 0 atom stereocenters. The van der Waals surface area contributed by atoms with E-state index in [4.69, 9.17) is 0 Å². The summed E-state index contributed by atoms with van der Waals surface area (Å²) in [6.45, 7) is 4.32. The monoisotopic (exact) mass is 625 g/mol. The summed E-state index contributed by atoms with van der Waals surface area (Å²) in [6, 6.07) is 43.5. The van der Waals surface area contributed by atoms with Crippen LogP contribution in [0.3, 0.4) is 0 Å². The van der Waals surface area contributed by atoms with E-state index in [2.05, 4.69) is 91.1 Å². The van der Waals surface area contributed by atoms with Crippen LogP contribution in [0.1, 0.15) is 25.1 Å². The van der Waals surface area contributed by atoms with Crippen molar-refractivity contribution in [1.29, 1.82) is 0 Å². The molecule has 47 heavy (non-hydrogen) atoms. The van der Waals surface area contributed by atoms with Crippen molar-refractivity contribution in [2.24, 2.45) is 0 Å². The van der Waals surface area contributed by atoms with E-state index < -0.39 is 9.84 Å². The minimum absolute atomic E-state index is 0.375. The Hall–Kier alpha value is -5.45. The number of aromatic nitrogens is 1. The maximum Gasteiger partial charge on any atom is 0.207 e. The maximum atomic E-state index is 13.5. The Morgan fingerprint density at radius 2 is 1.13 bits per heavy atom. The van der Waals surface area contributed by atoms with Crippen LogP contribution in [0.2, 0.25) is 0 Å². The molecule has 0 fully saturated rings. The third-order valence-corrected chi connectivity index (χ3v) is 11.7. The fraction of sp³-hybridized carbons (Fsp3) is 0.0698. The minimum atomic E-state index is -3.56. The fourth-order valence-corrected chi connectivity index (χ4v) is 9.29. The van der Waals surface area contributed by atoms with Crippen molar-refractivity contribution in [2.75, 3.05) is 0 Å². The average Bonchev–Trinajstić information content (AvgIpc) is 3.70. The van der Waals surface area contributed by atoms with E-state index in [0.29, 0.717) is 9.79 Å². The van der Waals surface area contributed by atoms with Gasteiger partial charge in [-0.3, -0.25) is 0 Å². The first-order valence-electron chi connectivity index (χ1n) is 16.1. The van der Waals surface area contributed by atoms with Gasteiger partial charge in [0.05, 0.1) is 20.8 Å². The summed E-state index contributed by atoms with van der Waals surface area (Å²) >= 11 is 0. The molecule has 9 rings (SSSR count). The standard InChI is InChI=1S/C43H31NO2S/c1-3-10-33-37-25-32(26-38-34-13-8-9-14-40(34)44(43(37)38)39(33)4-2)29-17-15-28(16-18-29)31-20-22-42-36(24-31)35-23-30(27-11-6-5-7-12-27)19-21-41(35)47(42,45)46/h3,5-26H,4H2,1-2H3/b10-3-. The second kappa shape index (κ2) is 10.3. The molecular weight excluding hydrogens is 595 g/mol. The number of rotatable bonds is 5. The molecule has 0 aliphatic carbocycles. The van der Waals surface area contributed by atoms with Crippen LogP contribution in [-0.4, -0.2) is 12.8 Å². The topological polar surface area (TPSA) is 38.5 Å². The van der Waals surface area contributed by atoms with Gasteiger partial charge in [-0.1, -0.05) is 104 Å². The van der Waals surface area contributed by atoms with Crippen LogP contribution in [0.5, 0.6) is 0 Å². The highest BCUT2D eigenvalue weighted by atomic mass is 32.2. The molecule has 226 valence electrons. The zero-order valence-corrected chi connectivity index (χ0v) is 27.0. The fourth-order valence-electron chi connectivity index (χ4n) is 7.64. The van der Waals surface area contributed by atoms with Crippen molar-refractivity contribution in [3.63, 3.8) is 0 Å². The van der Waals surface area contributed by atoms with Gasteiger partial charge in [-0.2, -0.15) is 0 Å². The predicted octanol–water partition coefficient (Wildman–Crippen LogP) is 11.1. The molecule has 0 N–H and O–H groups in total. The first-order chi connectivity index (χ1) is 23.0. The molecule has 6 aromatic carbocycles. The largest absolute Gasteiger partial charge is 0.312 e. The molecule has 3 nitrogen and oxygen atoms in total. The Bertz CT molecular complexity index is 2660. The van der Waals surface area contributed by atoms with E-state index in [-0.39, 0.29) is 0 Å². The van der Waals surface area contributed by atoms with Gasteiger partial charge in [-0.15, -0.1) is 0 Å². The first kappa shape index (κ1) is 27.8. The number of hydrogen-bond donors (Lipinski definition) is 0. The van der Waals surface area contributed by atoms with Gasteiger partial charge in [-0.05, 0) is 89.2 Å². The molecule has 0 unspecified atom stereocenters. The van der Waals surface area contributed by atoms with Gasteiger partial charge in [0.25, 0.3) is 0 Å². The Kier molecular flexibility index (Phi) is 6.09. The number of nitrogens with zero attached hydrogens (tertiary/aromatic N) is 1. The molecular formula is C43H31NO2S. The molecule has 3 heterocycles. The number of para-hydroxylation sites is 1. The van der Waals surface area contributed by atoms with Crippen LogP contribution in [0.15, 0.2) is 143 Å². The van der Waals surface area contributed by atoms with Gasteiger partial charge >= 0.3 is 0 Å². The van der Waals surface area contributed by atoms with Gasteiger partial charge in [0, 0.05) is 38.5 Å². The molecule has 2 aromatic heterocycles. The lowest BCUT2D eigenvalue weighted by atomic mass is 9.94. The highest BCUT2D eigenvalue weighted by molar-refractivity contribution is 7.92. The molecule has 0 bridgehead atoms. The van der Waals surface area contributed by atoms with Gasteiger partial charge < -0.3 is 4.40 Å². The number of sulfone groups is 1. The number of benzene rings is 6. The normalized spacial score (nSPS) is 13.7. The van der Waals surface area contributed by atoms with E-state index in [9.17, 15) is 8.42 Å². The molecule has 0 spiro atoms. The molecule has 0 radical (unpaired) electrons. The molecule has 8 aromatic rings. The molecule has 1 aliphatic heterocycles. The van der Waals surface area contributed by atoms with Crippen LogP contribution in [0.25, 0.3) is 77.8 Å². The lowest BCUT2D eigenvalue weighted by Gasteiger charge is -2.09. The third-order valence-electron chi connectivity index (χ3n) is 9.79. The van der Waals surface area contributed by atoms with E-state index >= 15 is 0 Å². The lowest BCUT2D eigenvalue weighted by Crippen LogP contribution is -1.96. The van der Waals surface area contributed by atoms with Crippen molar-refractivity contribution in [3.8, 4) is 44.5 Å². The summed E-state index contributed by atoms with van der Waals surface area (Å²) in [7, 11) is -3.56. The second-order valence-corrected chi connectivity index (χ2v) is 14.2. The van der Waals surface area contributed by atoms with Crippen molar-refractivity contribution in [1.82, 2.24) is 4.40 Å². The Balaban J connectivity index is 1.15. The zero-order chi connectivity index (χ0) is 31.9. The van der Waals surface area contributed by atoms with Crippen molar-refractivity contribution in [2.45, 2.75) is 30.1 Å². The highest BCUT2D eigenvalue weighted by Crippen LogP contribution is 2.46. The van der Waals surface area contributed by atoms with Crippen molar-refractivity contribution >= 4 is 43.1 Å². The van der Waals surface area contributed by atoms with Crippen LogP contribution in [-0.2, 0) is 16.3 Å². The summed E-state index contributed by atoms with van der Waals surface area (Å²) in [5.74, 6) is 0. The predicted molar refractivity (Wildman–Crippen MR) is 195 cm³/mol. The van der Waals surface area contributed by atoms with Gasteiger partial charge in [0.2, 0.25) is 9.84 Å². The van der Waals surface area contributed by atoms with Gasteiger partial charge in [0.15, 0.2) is 0 Å². The Morgan fingerprint density at radius 1 is 0.574 bits per heavy atom. The zero-order valence-electron chi connectivity index (χ0n) is 26.2. The van der Waals surface area contributed by atoms with Crippen LogP contribution < -0.4 is 0 Å². The number of fused-ring (bicyclic) bond motifs is 6. The average molecular weight is 626 g/mol. The van der Waals surface area contributed by atoms with Gasteiger partial charge in [-0.25, -0.2) is 8.42 Å². The molecule has 0 saturated carbocycles. The van der Waals surface area contributed by atoms with E-state index in [1.807, 2.05) is 54.6 Å². The van der Waals surface area contributed by atoms with E-state index in [1.165, 1.54) is 44.0 Å². The summed E-state index contributed by atoms with van der Waals surface area (Å²) in [4.78, 5) is 0.752. The summed E-state index contributed by atoms with van der Waals surface area (Å²) < 4.78 is 29.4. The van der Waals surface area contributed by atoms with Crippen LogP contribution in [0.4, 0.5) is 0 Å². The molecule has 4 heteroatoms. The SMILES string of the molecule is C/C=C\c1c(CC)n2c3ccccc3c3cc(-c4ccc(-c5ccc6c(c5)-c5cc(-c7ccccc7)ccc5S6(=O)=O)cc4)cc1c32. The molecule has 1 aliphatic rings. The Morgan fingerprint density at radius 3 is 1.77 bits per heavy atom. The highest BCUT2D eigenvalue weighted by Gasteiger charge is 2.33. The summed E-state index contributed by atoms with van der Waals surface area (Å²) in [5.41, 5.74) is 13.1. The number of aryl methyl sites for hydroxylation is 1. The Labute approximate surface area is 274 Å². The third kappa shape index (κ3) is 4.01. The number of hydrogen-bond acceptors (Lipinski definition) is 2. The second-order valence-electron chi connectivity index (χ2n) is 12.4. The van der Waals surface area contributed by atoms with Crippen LogP contribution >= 0.6 is 0 Å². The molecule has 0 amide bonds. The summed E-state index contributed by atoms with van der Waals surface area (Å²) in [5, 5.41) is 3.83. The molecule has 0 saturated heterocycles. The van der Waals surface area contributed by atoms with Gasteiger partial charge in [0.1, 0.15) is 0 Å².